The first-order valence-corrected chi connectivity index (χ1v) is 3.48. The van der Waals surface area contributed by atoms with Crippen LogP contribution in [-0.4, -0.2) is 22.8 Å². The molecule has 0 aliphatic rings. The molecule has 0 N–H and O–H groups in total. The van der Waals surface area contributed by atoms with Gasteiger partial charge in [0.15, 0.2) is 11.0 Å². The van der Waals surface area contributed by atoms with E-state index in [0.29, 0.717) is 5.15 Å². The van der Waals surface area contributed by atoms with Crippen LogP contribution in [0.5, 0.6) is 0 Å². The zero-order valence-electron chi connectivity index (χ0n) is 5.13. The summed E-state index contributed by atoms with van der Waals surface area (Å²) in [4.78, 5) is 1.83. The Balaban J connectivity index is 2.94. The van der Waals surface area contributed by atoms with Crippen LogP contribution in [0.2, 0.25) is 5.15 Å². The number of aromatic nitrogens is 2. The number of halogens is 1. The second-order valence-electron chi connectivity index (χ2n) is 1.77. The molecular weight excluding hydrogens is 158 g/mol. The summed E-state index contributed by atoms with van der Waals surface area (Å²) < 4.78 is 7.73. The lowest BCUT2D eigenvalue weighted by Gasteiger charge is -2.05. The van der Waals surface area contributed by atoms with Crippen molar-refractivity contribution in [3.8, 4) is 0 Å². The van der Waals surface area contributed by atoms with E-state index in [-0.39, 0.29) is 0 Å². The molecule has 0 saturated carbocycles. The molecule has 0 spiro atoms. The average molecular weight is 164 g/mol. The molecule has 0 bridgehead atoms. The van der Waals surface area contributed by atoms with Gasteiger partial charge in [-0.1, -0.05) is 11.6 Å². The van der Waals surface area contributed by atoms with Gasteiger partial charge in [-0.15, -0.1) is 0 Å². The summed E-state index contributed by atoms with van der Waals surface area (Å²) in [5.74, 6) is 0.738. The van der Waals surface area contributed by atoms with Gasteiger partial charge in [0.1, 0.15) is 0 Å². The van der Waals surface area contributed by atoms with E-state index in [0.717, 1.165) is 17.5 Å². The Morgan fingerprint density at radius 3 is 2.33 bits per heavy atom. The third-order valence-corrected chi connectivity index (χ3v) is 1.73. The van der Waals surface area contributed by atoms with Crippen LogP contribution in [-0.2, 0) is 0 Å². The minimum Gasteiger partial charge on any atom is -0.359 e. The third-order valence-electron chi connectivity index (χ3n) is 0.856. The van der Waals surface area contributed by atoms with E-state index < -0.39 is 0 Å². The Bertz CT molecular complexity index is 197. The highest BCUT2D eigenvalue weighted by Gasteiger charge is 2.04. The van der Waals surface area contributed by atoms with Gasteiger partial charge in [-0.05, 0) is 0 Å². The van der Waals surface area contributed by atoms with Crippen molar-refractivity contribution < 1.29 is 0 Å². The Kier molecular flexibility index (Phi) is 1.87. The Labute approximate surface area is 62.6 Å². The van der Waals surface area contributed by atoms with Gasteiger partial charge < -0.3 is 4.90 Å². The van der Waals surface area contributed by atoms with E-state index in [9.17, 15) is 0 Å². The number of anilines is 1. The molecule has 50 valence electrons. The lowest BCUT2D eigenvalue weighted by atomic mass is 10.7. The van der Waals surface area contributed by atoms with Gasteiger partial charge in [0.2, 0.25) is 0 Å². The average Bonchev–Trinajstić information content (AvgIpc) is 2.13. The molecule has 0 radical (unpaired) electrons. The maximum Gasteiger partial charge on any atom is 0.187 e. The van der Waals surface area contributed by atoms with Crippen molar-refractivity contribution in [3.63, 3.8) is 0 Å². The van der Waals surface area contributed by atoms with E-state index in [1.165, 1.54) is 0 Å². The first-order valence-electron chi connectivity index (χ1n) is 2.37. The molecule has 0 aliphatic carbocycles. The van der Waals surface area contributed by atoms with Crippen LogP contribution >= 0.6 is 23.3 Å². The van der Waals surface area contributed by atoms with Crippen LogP contribution in [0.4, 0.5) is 5.82 Å². The zero-order valence-corrected chi connectivity index (χ0v) is 6.70. The molecule has 1 aromatic rings. The first kappa shape index (κ1) is 6.77. The van der Waals surface area contributed by atoms with Crippen LogP contribution in [0, 0.1) is 0 Å². The predicted octanol–water partition coefficient (Wildman–Crippen LogP) is 1.26. The summed E-state index contributed by atoms with van der Waals surface area (Å²) in [6.45, 7) is 0. The maximum atomic E-state index is 5.63. The molecule has 0 atom stereocenters. The fourth-order valence-corrected chi connectivity index (χ4v) is 1.31. The van der Waals surface area contributed by atoms with Crippen molar-refractivity contribution in [2.24, 2.45) is 0 Å². The monoisotopic (exact) mass is 163 g/mol. The minimum atomic E-state index is 0.477. The number of hydrogen-bond donors (Lipinski definition) is 0. The molecule has 0 saturated heterocycles. The molecule has 3 nitrogen and oxygen atoms in total. The van der Waals surface area contributed by atoms with Gasteiger partial charge in [-0.2, -0.15) is 8.75 Å². The van der Waals surface area contributed by atoms with Crippen molar-refractivity contribution in [1.29, 1.82) is 0 Å². The van der Waals surface area contributed by atoms with Crippen molar-refractivity contribution in [1.82, 2.24) is 8.75 Å². The van der Waals surface area contributed by atoms with Crippen LogP contribution in [0.3, 0.4) is 0 Å². The molecule has 1 aromatic heterocycles. The number of nitrogens with zero attached hydrogens (tertiary/aromatic N) is 3. The lowest BCUT2D eigenvalue weighted by Crippen LogP contribution is -2.08. The first-order chi connectivity index (χ1) is 4.22. The summed E-state index contributed by atoms with van der Waals surface area (Å²) in [5, 5.41) is 0.477. The SMILES string of the molecule is CN(C)c1nsnc1Cl. The molecule has 5 heteroatoms. The fraction of sp³-hybridized carbons (Fsp3) is 0.500. The quantitative estimate of drug-likeness (QED) is 0.624. The van der Waals surface area contributed by atoms with E-state index in [1.54, 1.807) is 0 Å². The van der Waals surface area contributed by atoms with Crippen LogP contribution in [0.25, 0.3) is 0 Å². The predicted molar refractivity (Wildman–Crippen MR) is 39.2 cm³/mol. The molecule has 0 fully saturated rings. The van der Waals surface area contributed by atoms with Gasteiger partial charge in [-0.25, -0.2) is 0 Å². The largest absolute Gasteiger partial charge is 0.359 e. The van der Waals surface area contributed by atoms with E-state index in [4.69, 9.17) is 11.6 Å². The molecule has 9 heavy (non-hydrogen) atoms. The normalized spacial score (nSPS) is 9.67. The van der Waals surface area contributed by atoms with Gasteiger partial charge >= 0.3 is 0 Å². The summed E-state index contributed by atoms with van der Waals surface area (Å²) in [7, 11) is 3.76. The second-order valence-corrected chi connectivity index (χ2v) is 2.66. The van der Waals surface area contributed by atoms with Gasteiger partial charge in [-0.3, -0.25) is 0 Å². The summed E-state index contributed by atoms with van der Waals surface area (Å²) in [6.07, 6.45) is 0. The highest BCUT2D eigenvalue weighted by molar-refractivity contribution is 6.99. The summed E-state index contributed by atoms with van der Waals surface area (Å²) in [6, 6.07) is 0. The molecular formula is C4H6ClN3S. The third kappa shape index (κ3) is 1.31. The summed E-state index contributed by atoms with van der Waals surface area (Å²) >= 11 is 6.75. The van der Waals surface area contributed by atoms with Crippen LogP contribution in [0.1, 0.15) is 0 Å². The van der Waals surface area contributed by atoms with Crippen molar-refractivity contribution in [2.75, 3.05) is 19.0 Å². The standard InChI is InChI=1S/C4H6ClN3S/c1-8(2)4-3(5)6-9-7-4/h1-2H3. The smallest absolute Gasteiger partial charge is 0.187 e. The number of hydrogen-bond acceptors (Lipinski definition) is 4. The van der Waals surface area contributed by atoms with Gasteiger partial charge in [0, 0.05) is 14.1 Å². The van der Waals surface area contributed by atoms with Crippen molar-refractivity contribution in [2.45, 2.75) is 0 Å². The number of rotatable bonds is 1. The Morgan fingerprint density at radius 2 is 2.11 bits per heavy atom. The molecule has 0 aliphatic heterocycles. The van der Waals surface area contributed by atoms with Crippen LogP contribution in [0.15, 0.2) is 0 Å². The zero-order chi connectivity index (χ0) is 6.85. The Morgan fingerprint density at radius 1 is 1.44 bits per heavy atom. The van der Waals surface area contributed by atoms with Gasteiger partial charge in [0.05, 0.1) is 11.7 Å². The van der Waals surface area contributed by atoms with E-state index in [1.807, 2.05) is 19.0 Å². The second kappa shape index (κ2) is 2.49. The Hall–Kier alpha value is -0.350. The van der Waals surface area contributed by atoms with Crippen LogP contribution < -0.4 is 4.90 Å². The molecule has 1 rings (SSSR count). The topological polar surface area (TPSA) is 29.0 Å². The van der Waals surface area contributed by atoms with Crippen molar-refractivity contribution >= 4 is 29.1 Å². The highest BCUT2D eigenvalue weighted by Crippen LogP contribution is 2.19. The molecule has 0 aromatic carbocycles. The van der Waals surface area contributed by atoms with Crippen molar-refractivity contribution in [3.05, 3.63) is 5.15 Å². The lowest BCUT2D eigenvalue weighted by molar-refractivity contribution is 1.10. The molecule has 1 heterocycles. The van der Waals surface area contributed by atoms with E-state index in [2.05, 4.69) is 8.75 Å². The van der Waals surface area contributed by atoms with E-state index >= 15 is 0 Å². The summed E-state index contributed by atoms with van der Waals surface area (Å²) in [5.41, 5.74) is 0. The van der Waals surface area contributed by atoms with Gasteiger partial charge in [0.25, 0.3) is 0 Å². The fourth-order valence-electron chi connectivity index (χ4n) is 0.440. The molecule has 0 unspecified atom stereocenters. The minimum absolute atomic E-state index is 0.477. The highest BCUT2D eigenvalue weighted by atomic mass is 35.5. The maximum absolute atomic E-state index is 5.63. The molecule has 0 amide bonds.